The number of benzene rings is 1. The summed E-state index contributed by atoms with van der Waals surface area (Å²) in [7, 11) is 0. The van der Waals surface area contributed by atoms with Gasteiger partial charge in [-0.2, -0.15) is 5.10 Å². The fourth-order valence-corrected chi connectivity index (χ4v) is 2.70. The molecule has 122 valence electrons. The SMILES string of the molecule is Cc1cc2c(cc1NC(=O)NCCSc1ncn[nH]1)OCCO2. The molecule has 2 aromatic rings. The van der Waals surface area contributed by atoms with Crippen LogP contribution in [0.4, 0.5) is 10.5 Å². The maximum absolute atomic E-state index is 12.0. The molecule has 0 saturated heterocycles. The molecule has 8 nitrogen and oxygen atoms in total. The van der Waals surface area contributed by atoms with Crippen LogP contribution in [0.1, 0.15) is 5.56 Å². The molecule has 2 heterocycles. The molecule has 1 aliphatic rings. The molecule has 0 bridgehead atoms. The molecular weight excluding hydrogens is 318 g/mol. The van der Waals surface area contributed by atoms with E-state index in [0.29, 0.717) is 42.7 Å². The van der Waals surface area contributed by atoms with Crippen LogP contribution in [0, 0.1) is 6.92 Å². The van der Waals surface area contributed by atoms with Crippen LogP contribution in [0.25, 0.3) is 0 Å². The highest BCUT2D eigenvalue weighted by molar-refractivity contribution is 7.99. The number of nitrogens with one attached hydrogen (secondary N) is 3. The third-order valence-corrected chi connectivity index (χ3v) is 4.04. The van der Waals surface area contributed by atoms with E-state index in [1.54, 1.807) is 6.07 Å². The van der Waals surface area contributed by atoms with Gasteiger partial charge in [0.25, 0.3) is 0 Å². The molecule has 23 heavy (non-hydrogen) atoms. The van der Waals surface area contributed by atoms with Gasteiger partial charge in [0.1, 0.15) is 19.5 Å². The van der Waals surface area contributed by atoms with Gasteiger partial charge < -0.3 is 20.1 Å². The average molecular weight is 335 g/mol. The van der Waals surface area contributed by atoms with Crippen molar-refractivity contribution in [2.45, 2.75) is 12.1 Å². The van der Waals surface area contributed by atoms with Gasteiger partial charge >= 0.3 is 6.03 Å². The Labute approximate surface area is 137 Å². The predicted molar refractivity (Wildman–Crippen MR) is 86.3 cm³/mol. The molecule has 0 aliphatic carbocycles. The molecule has 3 rings (SSSR count). The third kappa shape index (κ3) is 4.07. The Kier molecular flexibility index (Phi) is 4.86. The molecule has 2 amide bonds. The second-order valence-corrected chi connectivity index (χ2v) is 5.91. The van der Waals surface area contributed by atoms with Crippen molar-refractivity contribution >= 4 is 23.5 Å². The average Bonchev–Trinajstić information content (AvgIpc) is 3.06. The number of nitrogens with zero attached hydrogens (tertiary/aromatic N) is 2. The maximum atomic E-state index is 12.0. The van der Waals surface area contributed by atoms with Crippen molar-refractivity contribution in [1.29, 1.82) is 0 Å². The van der Waals surface area contributed by atoms with Crippen LogP contribution in [-0.2, 0) is 0 Å². The first-order valence-electron chi connectivity index (χ1n) is 7.15. The number of hydrogen-bond donors (Lipinski definition) is 3. The van der Waals surface area contributed by atoms with Crippen molar-refractivity contribution < 1.29 is 14.3 Å². The van der Waals surface area contributed by atoms with Crippen molar-refractivity contribution in [2.24, 2.45) is 0 Å². The monoisotopic (exact) mass is 335 g/mol. The van der Waals surface area contributed by atoms with Gasteiger partial charge in [0, 0.05) is 24.1 Å². The summed E-state index contributed by atoms with van der Waals surface area (Å²) in [5.74, 6) is 2.06. The first-order chi connectivity index (χ1) is 11.2. The summed E-state index contributed by atoms with van der Waals surface area (Å²) in [5.41, 5.74) is 1.62. The van der Waals surface area contributed by atoms with Crippen LogP contribution in [0.2, 0.25) is 0 Å². The molecule has 0 fully saturated rings. The van der Waals surface area contributed by atoms with Gasteiger partial charge in [-0.15, -0.1) is 0 Å². The number of aromatic nitrogens is 3. The van der Waals surface area contributed by atoms with Crippen molar-refractivity contribution in [3.05, 3.63) is 24.0 Å². The van der Waals surface area contributed by atoms with Gasteiger partial charge in [-0.25, -0.2) is 9.78 Å². The Balaban J connectivity index is 1.49. The number of ether oxygens (including phenoxy) is 2. The van der Waals surface area contributed by atoms with E-state index in [1.807, 2.05) is 13.0 Å². The highest BCUT2D eigenvalue weighted by Crippen LogP contribution is 2.35. The van der Waals surface area contributed by atoms with E-state index in [1.165, 1.54) is 18.1 Å². The van der Waals surface area contributed by atoms with Crippen molar-refractivity contribution in [3.8, 4) is 11.5 Å². The molecular formula is C14H17N5O3S. The number of anilines is 1. The Morgan fingerprint density at radius 2 is 2.13 bits per heavy atom. The van der Waals surface area contributed by atoms with Crippen LogP contribution >= 0.6 is 11.8 Å². The molecule has 1 aliphatic heterocycles. The zero-order valence-electron chi connectivity index (χ0n) is 12.6. The molecule has 1 aromatic carbocycles. The molecule has 0 radical (unpaired) electrons. The van der Waals surface area contributed by atoms with Crippen LogP contribution in [0.15, 0.2) is 23.6 Å². The summed E-state index contributed by atoms with van der Waals surface area (Å²) in [5, 5.41) is 12.9. The second-order valence-electron chi connectivity index (χ2n) is 4.83. The van der Waals surface area contributed by atoms with Gasteiger partial charge in [-0.1, -0.05) is 11.8 Å². The van der Waals surface area contributed by atoms with Crippen LogP contribution < -0.4 is 20.1 Å². The lowest BCUT2D eigenvalue weighted by atomic mass is 10.1. The van der Waals surface area contributed by atoms with Gasteiger partial charge in [0.15, 0.2) is 16.7 Å². The molecule has 0 saturated carbocycles. The van der Waals surface area contributed by atoms with E-state index in [-0.39, 0.29) is 6.03 Å². The summed E-state index contributed by atoms with van der Waals surface area (Å²) in [6.07, 6.45) is 1.45. The standard InChI is InChI=1S/C14H17N5O3S/c1-9-6-11-12(22-4-3-21-11)7-10(9)18-13(20)15-2-5-23-14-16-8-17-19-14/h6-8H,2-5H2,1H3,(H2,15,18,20)(H,16,17,19). The lowest BCUT2D eigenvalue weighted by Crippen LogP contribution is -2.30. The number of thioether (sulfide) groups is 1. The van der Waals surface area contributed by atoms with E-state index >= 15 is 0 Å². The summed E-state index contributed by atoms with van der Waals surface area (Å²) in [6.45, 7) is 3.48. The lowest BCUT2D eigenvalue weighted by Gasteiger charge is -2.20. The van der Waals surface area contributed by atoms with E-state index in [4.69, 9.17) is 9.47 Å². The number of urea groups is 1. The number of aryl methyl sites for hydroxylation is 1. The second kappa shape index (κ2) is 7.23. The third-order valence-electron chi connectivity index (χ3n) is 3.16. The summed E-state index contributed by atoms with van der Waals surface area (Å²) >= 11 is 1.49. The van der Waals surface area contributed by atoms with Gasteiger partial charge in [0.05, 0.1) is 0 Å². The first-order valence-corrected chi connectivity index (χ1v) is 8.14. The fraction of sp³-hybridized carbons (Fsp3) is 0.357. The zero-order valence-corrected chi connectivity index (χ0v) is 13.4. The predicted octanol–water partition coefficient (Wildman–Crippen LogP) is 1.80. The molecule has 9 heteroatoms. The van der Waals surface area contributed by atoms with E-state index in [2.05, 4.69) is 25.8 Å². The van der Waals surface area contributed by atoms with Gasteiger partial charge in [0.2, 0.25) is 0 Å². The number of amides is 2. The molecule has 1 aromatic heterocycles. The summed E-state index contributed by atoms with van der Waals surface area (Å²) in [4.78, 5) is 16.0. The number of rotatable bonds is 5. The topological polar surface area (TPSA) is 101 Å². The lowest BCUT2D eigenvalue weighted by molar-refractivity contribution is 0.171. The quantitative estimate of drug-likeness (QED) is 0.569. The fourth-order valence-electron chi connectivity index (χ4n) is 2.07. The number of fused-ring (bicyclic) bond motifs is 1. The Hall–Kier alpha value is -2.42. The highest BCUT2D eigenvalue weighted by Gasteiger charge is 2.15. The van der Waals surface area contributed by atoms with Crippen LogP contribution in [-0.4, -0.2) is 46.7 Å². The zero-order chi connectivity index (χ0) is 16.1. The molecule has 3 N–H and O–H groups in total. The van der Waals surface area contributed by atoms with Crippen LogP contribution in [0.3, 0.4) is 0 Å². The number of hydrogen-bond acceptors (Lipinski definition) is 6. The van der Waals surface area contributed by atoms with Crippen molar-refractivity contribution in [1.82, 2.24) is 20.5 Å². The smallest absolute Gasteiger partial charge is 0.319 e. The highest BCUT2D eigenvalue weighted by atomic mass is 32.2. The molecule has 0 unspecified atom stereocenters. The summed E-state index contributed by atoms with van der Waals surface area (Å²) in [6, 6.07) is 3.39. The van der Waals surface area contributed by atoms with E-state index in [0.717, 1.165) is 10.7 Å². The Morgan fingerprint density at radius 3 is 2.87 bits per heavy atom. The van der Waals surface area contributed by atoms with Crippen molar-refractivity contribution in [3.63, 3.8) is 0 Å². The number of aromatic amines is 1. The number of carbonyl (C=O) groups is 1. The Bertz CT molecular complexity index is 677. The first kappa shape index (κ1) is 15.5. The number of carbonyl (C=O) groups excluding carboxylic acids is 1. The van der Waals surface area contributed by atoms with E-state index < -0.39 is 0 Å². The minimum absolute atomic E-state index is 0.261. The van der Waals surface area contributed by atoms with Crippen molar-refractivity contribution in [2.75, 3.05) is 30.8 Å². The van der Waals surface area contributed by atoms with Gasteiger partial charge in [-0.05, 0) is 18.6 Å². The minimum Gasteiger partial charge on any atom is -0.486 e. The minimum atomic E-state index is -0.261. The van der Waals surface area contributed by atoms with Crippen LogP contribution in [0.5, 0.6) is 11.5 Å². The Morgan fingerprint density at radius 1 is 1.35 bits per heavy atom. The largest absolute Gasteiger partial charge is 0.486 e. The van der Waals surface area contributed by atoms with Gasteiger partial charge in [-0.3, -0.25) is 5.10 Å². The van der Waals surface area contributed by atoms with E-state index in [9.17, 15) is 4.79 Å². The maximum Gasteiger partial charge on any atom is 0.319 e. The molecule has 0 atom stereocenters. The molecule has 0 spiro atoms. The number of H-pyrrole nitrogens is 1. The normalized spacial score (nSPS) is 12.7. The summed E-state index contributed by atoms with van der Waals surface area (Å²) < 4.78 is 11.0.